The number of nitrogens with zero attached hydrogens (tertiary/aromatic N) is 3. The van der Waals surface area contributed by atoms with Crippen molar-refractivity contribution in [2.45, 2.75) is 6.92 Å². The standard InChI is InChI=1S/C26H19N5O5/c1-14(32)28-20-11-8-16(25(35)36)12-22(20)30-13-21(29-26(30)27)15-6-9-17(10-7-15)31-23(33)18-4-2-3-5-19(18)24(31)34/h2-13H,1H3,(H2,27,29)(H,28,32)(H,35,36). The number of carboxylic acids is 1. The van der Waals surface area contributed by atoms with Crippen molar-refractivity contribution in [2.24, 2.45) is 0 Å². The molecule has 0 bridgehead atoms. The third-order valence-electron chi connectivity index (χ3n) is 5.76. The van der Waals surface area contributed by atoms with Gasteiger partial charge in [-0.2, -0.15) is 0 Å². The largest absolute Gasteiger partial charge is 0.478 e. The van der Waals surface area contributed by atoms with Gasteiger partial charge in [-0.05, 0) is 42.5 Å². The van der Waals surface area contributed by atoms with Crippen LogP contribution in [0.15, 0.2) is 72.9 Å². The molecule has 1 aliphatic rings. The minimum atomic E-state index is -1.13. The number of anilines is 3. The molecule has 0 spiro atoms. The highest BCUT2D eigenvalue weighted by Crippen LogP contribution is 2.32. The van der Waals surface area contributed by atoms with Crippen LogP contribution in [0.3, 0.4) is 0 Å². The number of nitrogens with two attached hydrogens (primary N) is 1. The molecule has 10 nitrogen and oxygen atoms in total. The first-order chi connectivity index (χ1) is 17.2. The maximum absolute atomic E-state index is 12.8. The van der Waals surface area contributed by atoms with Gasteiger partial charge in [0.05, 0.1) is 39.4 Å². The van der Waals surface area contributed by atoms with Crippen molar-refractivity contribution in [3.05, 3.63) is 89.6 Å². The van der Waals surface area contributed by atoms with Crippen LogP contribution >= 0.6 is 0 Å². The molecular formula is C26H19N5O5. The maximum Gasteiger partial charge on any atom is 0.335 e. The molecule has 3 aromatic carbocycles. The van der Waals surface area contributed by atoms with E-state index in [1.165, 1.54) is 29.7 Å². The molecule has 1 aliphatic heterocycles. The van der Waals surface area contributed by atoms with Gasteiger partial charge in [0.1, 0.15) is 0 Å². The Morgan fingerprint density at radius 3 is 2.17 bits per heavy atom. The number of rotatable bonds is 5. The molecule has 0 aliphatic carbocycles. The van der Waals surface area contributed by atoms with E-state index in [2.05, 4.69) is 10.3 Å². The first-order valence-electron chi connectivity index (χ1n) is 10.8. The summed E-state index contributed by atoms with van der Waals surface area (Å²) in [5.74, 6) is -2.17. The monoisotopic (exact) mass is 481 g/mol. The highest BCUT2D eigenvalue weighted by atomic mass is 16.4. The number of aromatic nitrogens is 2. The van der Waals surface area contributed by atoms with Crippen LogP contribution in [0, 0.1) is 0 Å². The van der Waals surface area contributed by atoms with E-state index in [0.29, 0.717) is 39.4 Å². The van der Waals surface area contributed by atoms with E-state index in [-0.39, 0.29) is 29.2 Å². The third kappa shape index (κ3) is 3.76. The molecule has 5 rings (SSSR count). The van der Waals surface area contributed by atoms with Crippen LogP contribution in [-0.2, 0) is 4.79 Å². The molecule has 0 fully saturated rings. The Balaban J connectivity index is 1.49. The number of carbonyl (C=O) groups is 4. The summed E-state index contributed by atoms with van der Waals surface area (Å²) in [4.78, 5) is 54.1. The quantitative estimate of drug-likeness (QED) is 0.369. The molecule has 1 aromatic heterocycles. The molecule has 2 heterocycles. The van der Waals surface area contributed by atoms with Crippen molar-refractivity contribution in [2.75, 3.05) is 16.0 Å². The number of carbonyl (C=O) groups excluding carboxylic acids is 3. The zero-order valence-corrected chi connectivity index (χ0v) is 18.9. The summed E-state index contributed by atoms with van der Waals surface area (Å²) in [7, 11) is 0. The minimum Gasteiger partial charge on any atom is -0.478 e. The van der Waals surface area contributed by atoms with Crippen LogP contribution in [0.4, 0.5) is 17.3 Å². The smallest absolute Gasteiger partial charge is 0.335 e. The third-order valence-corrected chi connectivity index (χ3v) is 5.76. The van der Waals surface area contributed by atoms with Crippen molar-refractivity contribution in [3.8, 4) is 16.9 Å². The van der Waals surface area contributed by atoms with E-state index < -0.39 is 5.97 Å². The summed E-state index contributed by atoms with van der Waals surface area (Å²) in [5, 5.41) is 12.1. The van der Waals surface area contributed by atoms with Gasteiger partial charge in [-0.3, -0.25) is 19.0 Å². The lowest BCUT2D eigenvalue weighted by molar-refractivity contribution is -0.114. The number of nitrogen functional groups attached to an aromatic ring is 1. The summed E-state index contributed by atoms with van der Waals surface area (Å²) < 4.78 is 1.48. The molecule has 36 heavy (non-hydrogen) atoms. The Morgan fingerprint density at radius 2 is 1.58 bits per heavy atom. The lowest BCUT2D eigenvalue weighted by Crippen LogP contribution is -2.29. The number of hydrogen-bond donors (Lipinski definition) is 3. The van der Waals surface area contributed by atoms with Crippen LogP contribution in [0.2, 0.25) is 0 Å². The highest BCUT2D eigenvalue weighted by Gasteiger charge is 2.36. The summed E-state index contributed by atoms with van der Waals surface area (Å²) in [5.41, 5.74) is 9.11. The summed E-state index contributed by atoms with van der Waals surface area (Å²) in [6, 6.07) is 17.6. The fourth-order valence-corrected chi connectivity index (χ4v) is 4.09. The Hall–Kier alpha value is -5.25. The SMILES string of the molecule is CC(=O)Nc1ccc(C(=O)O)cc1-n1cc(-c2ccc(N3C(=O)c4ccccc4C3=O)cc2)nc1N. The molecule has 0 unspecified atom stereocenters. The first kappa shape index (κ1) is 22.5. The van der Waals surface area contributed by atoms with Crippen molar-refractivity contribution < 1.29 is 24.3 Å². The van der Waals surface area contributed by atoms with E-state index in [1.807, 2.05) is 0 Å². The predicted octanol–water partition coefficient (Wildman–Crippen LogP) is 3.58. The van der Waals surface area contributed by atoms with Crippen LogP contribution in [0.1, 0.15) is 38.0 Å². The number of imide groups is 1. The lowest BCUT2D eigenvalue weighted by atomic mass is 10.1. The van der Waals surface area contributed by atoms with Gasteiger partial charge in [0.2, 0.25) is 11.9 Å². The number of hydrogen-bond acceptors (Lipinski definition) is 6. The van der Waals surface area contributed by atoms with Gasteiger partial charge in [0, 0.05) is 18.7 Å². The fraction of sp³-hybridized carbons (Fsp3) is 0.0385. The maximum atomic E-state index is 12.8. The lowest BCUT2D eigenvalue weighted by Gasteiger charge is -2.14. The summed E-state index contributed by atoms with van der Waals surface area (Å²) >= 11 is 0. The average Bonchev–Trinajstić information content (AvgIpc) is 3.36. The van der Waals surface area contributed by atoms with Gasteiger partial charge in [-0.1, -0.05) is 24.3 Å². The molecule has 178 valence electrons. The number of amides is 3. The number of imidazole rings is 1. The Kier molecular flexibility index (Phi) is 5.33. The molecule has 0 saturated heterocycles. The average molecular weight is 481 g/mol. The topological polar surface area (TPSA) is 148 Å². The molecule has 0 radical (unpaired) electrons. The molecule has 0 saturated carbocycles. The van der Waals surface area contributed by atoms with Crippen molar-refractivity contribution in [3.63, 3.8) is 0 Å². The van der Waals surface area contributed by atoms with E-state index in [4.69, 9.17) is 5.73 Å². The fourth-order valence-electron chi connectivity index (χ4n) is 4.09. The van der Waals surface area contributed by atoms with Gasteiger partial charge in [0.15, 0.2) is 0 Å². The zero-order chi connectivity index (χ0) is 25.6. The summed E-state index contributed by atoms with van der Waals surface area (Å²) in [6.45, 7) is 1.34. The van der Waals surface area contributed by atoms with Gasteiger partial charge >= 0.3 is 5.97 Å². The van der Waals surface area contributed by atoms with E-state index >= 15 is 0 Å². The van der Waals surface area contributed by atoms with E-state index in [1.54, 1.807) is 54.7 Å². The highest BCUT2D eigenvalue weighted by molar-refractivity contribution is 6.34. The second-order valence-corrected chi connectivity index (χ2v) is 8.11. The molecular weight excluding hydrogens is 462 g/mol. The number of nitrogens with one attached hydrogen (secondary N) is 1. The van der Waals surface area contributed by atoms with Crippen molar-refractivity contribution in [1.29, 1.82) is 0 Å². The van der Waals surface area contributed by atoms with E-state index in [9.17, 15) is 24.3 Å². The Morgan fingerprint density at radius 1 is 0.944 bits per heavy atom. The molecule has 4 N–H and O–H groups in total. The number of fused-ring (bicyclic) bond motifs is 1. The second-order valence-electron chi connectivity index (χ2n) is 8.11. The first-order valence-corrected chi connectivity index (χ1v) is 10.8. The van der Waals surface area contributed by atoms with Crippen LogP contribution in [-0.4, -0.2) is 38.3 Å². The number of benzene rings is 3. The van der Waals surface area contributed by atoms with E-state index in [0.717, 1.165) is 4.90 Å². The van der Waals surface area contributed by atoms with Crippen molar-refractivity contribution in [1.82, 2.24) is 9.55 Å². The number of carboxylic acid groups (broad SMARTS) is 1. The summed E-state index contributed by atoms with van der Waals surface area (Å²) in [6.07, 6.45) is 1.61. The predicted molar refractivity (Wildman–Crippen MR) is 132 cm³/mol. The second kappa shape index (κ2) is 8.51. The van der Waals surface area contributed by atoms with Crippen LogP contribution < -0.4 is 16.0 Å². The Bertz CT molecular complexity index is 1540. The molecule has 0 atom stereocenters. The number of aromatic carboxylic acids is 1. The zero-order valence-electron chi connectivity index (χ0n) is 18.9. The Labute approximate surface area is 204 Å². The van der Waals surface area contributed by atoms with Crippen LogP contribution in [0.5, 0.6) is 0 Å². The minimum absolute atomic E-state index is 0.0130. The molecule has 10 heteroatoms. The molecule has 3 amide bonds. The van der Waals surface area contributed by atoms with Gasteiger partial charge < -0.3 is 16.2 Å². The normalized spacial score (nSPS) is 12.5. The van der Waals surface area contributed by atoms with Gasteiger partial charge in [0.25, 0.3) is 11.8 Å². The van der Waals surface area contributed by atoms with Crippen LogP contribution in [0.25, 0.3) is 16.9 Å². The molecule has 4 aromatic rings. The van der Waals surface area contributed by atoms with Gasteiger partial charge in [-0.15, -0.1) is 0 Å². The van der Waals surface area contributed by atoms with Gasteiger partial charge in [-0.25, -0.2) is 14.7 Å². The van der Waals surface area contributed by atoms with Crippen molar-refractivity contribution >= 4 is 41.0 Å².